The molecule has 1 N–H and O–H groups in total. The highest BCUT2D eigenvalue weighted by Gasteiger charge is 2.20. The topological polar surface area (TPSA) is 29.5 Å². The molecule has 0 fully saturated rings. The Kier molecular flexibility index (Phi) is 4.80. The highest BCUT2D eigenvalue weighted by atomic mass is 16.5. The fraction of sp³-hybridized carbons (Fsp3) is 1.00. The van der Waals surface area contributed by atoms with Crippen molar-refractivity contribution < 1.29 is 9.84 Å². The van der Waals surface area contributed by atoms with Crippen LogP contribution in [0.5, 0.6) is 0 Å². The summed E-state index contributed by atoms with van der Waals surface area (Å²) in [5.74, 6) is 0.633. The van der Waals surface area contributed by atoms with Crippen molar-refractivity contribution in [3.05, 3.63) is 0 Å². The van der Waals surface area contributed by atoms with E-state index in [9.17, 15) is 0 Å². The minimum Gasteiger partial charge on any atom is -0.391 e. The Labute approximate surface area is 75.9 Å². The Bertz CT molecular complexity index is 117. The third-order valence-electron chi connectivity index (χ3n) is 1.62. The molecule has 1 unspecified atom stereocenters. The van der Waals surface area contributed by atoms with Gasteiger partial charge in [-0.25, -0.2) is 0 Å². The van der Waals surface area contributed by atoms with Crippen molar-refractivity contribution in [1.82, 2.24) is 0 Å². The molecule has 0 saturated carbocycles. The van der Waals surface area contributed by atoms with Crippen LogP contribution in [0, 0.1) is 5.92 Å². The van der Waals surface area contributed by atoms with Crippen LogP contribution in [0.2, 0.25) is 0 Å². The molecule has 0 heterocycles. The van der Waals surface area contributed by atoms with E-state index in [0.717, 1.165) is 6.42 Å². The van der Waals surface area contributed by atoms with Gasteiger partial charge in [0, 0.05) is 0 Å². The summed E-state index contributed by atoms with van der Waals surface area (Å²) in [6.45, 7) is 10.6. The molecule has 0 radical (unpaired) electrons. The molecule has 0 aromatic rings. The smallest absolute Gasteiger partial charge is 0.0745 e. The molecular formula is C10H22O2. The first-order chi connectivity index (χ1) is 5.33. The molecule has 0 aliphatic rings. The highest BCUT2D eigenvalue weighted by molar-refractivity contribution is 4.70. The van der Waals surface area contributed by atoms with E-state index in [0.29, 0.717) is 12.5 Å². The van der Waals surface area contributed by atoms with Gasteiger partial charge in [0.05, 0.1) is 18.3 Å². The lowest BCUT2D eigenvalue weighted by molar-refractivity contribution is -0.0646. The average molecular weight is 174 g/mol. The van der Waals surface area contributed by atoms with Gasteiger partial charge < -0.3 is 9.84 Å². The molecule has 0 bridgehead atoms. The minimum absolute atomic E-state index is 0.106. The summed E-state index contributed by atoms with van der Waals surface area (Å²) in [4.78, 5) is 0. The molecule has 2 heteroatoms. The Morgan fingerprint density at radius 1 is 1.25 bits per heavy atom. The number of rotatable bonds is 5. The zero-order valence-electron chi connectivity index (χ0n) is 8.92. The summed E-state index contributed by atoms with van der Waals surface area (Å²) in [6, 6.07) is 0. The van der Waals surface area contributed by atoms with Crippen LogP contribution in [-0.2, 0) is 4.74 Å². The highest BCUT2D eigenvalue weighted by Crippen LogP contribution is 2.19. The Balaban J connectivity index is 3.71. The summed E-state index contributed by atoms with van der Waals surface area (Å²) in [5.41, 5.74) is -0.106. The SMILES string of the molecule is CC(C)CC(C)(C)OCC(C)O. The van der Waals surface area contributed by atoms with Crippen molar-refractivity contribution in [1.29, 1.82) is 0 Å². The fourth-order valence-corrected chi connectivity index (χ4v) is 1.39. The maximum atomic E-state index is 9.02. The second kappa shape index (κ2) is 4.83. The molecule has 0 aromatic carbocycles. The van der Waals surface area contributed by atoms with Gasteiger partial charge in [-0.15, -0.1) is 0 Å². The van der Waals surface area contributed by atoms with E-state index in [1.54, 1.807) is 6.92 Å². The molecular weight excluding hydrogens is 152 g/mol. The Morgan fingerprint density at radius 3 is 2.08 bits per heavy atom. The van der Waals surface area contributed by atoms with Crippen molar-refractivity contribution >= 4 is 0 Å². The lowest BCUT2D eigenvalue weighted by Crippen LogP contribution is -2.29. The van der Waals surface area contributed by atoms with Crippen molar-refractivity contribution in [2.45, 2.75) is 52.7 Å². The molecule has 0 saturated heterocycles. The molecule has 0 amide bonds. The molecule has 0 aliphatic heterocycles. The molecule has 12 heavy (non-hydrogen) atoms. The molecule has 74 valence electrons. The molecule has 1 atom stereocenters. The normalized spacial score (nSPS) is 15.2. The summed E-state index contributed by atoms with van der Waals surface area (Å²) in [5, 5.41) is 9.02. The lowest BCUT2D eigenvalue weighted by Gasteiger charge is -2.27. The van der Waals surface area contributed by atoms with Crippen LogP contribution in [0.25, 0.3) is 0 Å². The maximum absolute atomic E-state index is 9.02. The van der Waals surface area contributed by atoms with Crippen LogP contribution < -0.4 is 0 Å². The standard InChI is InChI=1S/C10H22O2/c1-8(2)6-10(4,5)12-7-9(3)11/h8-9,11H,6-7H2,1-5H3. The first-order valence-electron chi connectivity index (χ1n) is 4.65. The van der Waals surface area contributed by atoms with Gasteiger partial charge in [-0.05, 0) is 33.1 Å². The molecule has 0 rings (SSSR count). The average Bonchev–Trinajstić information content (AvgIpc) is 1.81. The summed E-state index contributed by atoms with van der Waals surface area (Å²) in [7, 11) is 0. The van der Waals surface area contributed by atoms with E-state index in [1.165, 1.54) is 0 Å². The first-order valence-corrected chi connectivity index (χ1v) is 4.65. The summed E-state index contributed by atoms with van der Waals surface area (Å²) in [6.07, 6.45) is 0.663. The van der Waals surface area contributed by atoms with Crippen LogP contribution in [0.4, 0.5) is 0 Å². The Morgan fingerprint density at radius 2 is 1.75 bits per heavy atom. The Hall–Kier alpha value is -0.0800. The number of aliphatic hydroxyl groups excluding tert-OH is 1. The molecule has 0 aromatic heterocycles. The van der Waals surface area contributed by atoms with Crippen molar-refractivity contribution in [2.75, 3.05) is 6.61 Å². The fourth-order valence-electron chi connectivity index (χ4n) is 1.39. The zero-order valence-corrected chi connectivity index (χ0v) is 8.92. The van der Waals surface area contributed by atoms with E-state index in [2.05, 4.69) is 27.7 Å². The quantitative estimate of drug-likeness (QED) is 0.692. The summed E-state index contributed by atoms with van der Waals surface area (Å²) >= 11 is 0. The second-order valence-corrected chi connectivity index (χ2v) is 4.52. The molecule has 0 aliphatic carbocycles. The number of hydrogen-bond donors (Lipinski definition) is 1. The third kappa shape index (κ3) is 6.62. The van der Waals surface area contributed by atoms with Gasteiger partial charge in [0.15, 0.2) is 0 Å². The van der Waals surface area contributed by atoms with Crippen molar-refractivity contribution in [2.24, 2.45) is 5.92 Å². The van der Waals surface area contributed by atoms with E-state index in [4.69, 9.17) is 9.84 Å². The van der Waals surface area contributed by atoms with Gasteiger partial charge in [0.1, 0.15) is 0 Å². The van der Waals surface area contributed by atoms with E-state index in [-0.39, 0.29) is 11.7 Å². The van der Waals surface area contributed by atoms with Gasteiger partial charge in [0.2, 0.25) is 0 Å². The van der Waals surface area contributed by atoms with Crippen LogP contribution >= 0.6 is 0 Å². The first kappa shape index (κ1) is 11.9. The maximum Gasteiger partial charge on any atom is 0.0745 e. The van der Waals surface area contributed by atoms with E-state index >= 15 is 0 Å². The van der Waals surface area contributed by atoms with Crippen LogP contribution in [0.15, 0.2) is 0 Å². The predicted octanol–water partition coefficient (Wildman–Crippen LogP) is 2.21. The van der Waals surface area contributed by atoms with Crippen LogP contribution in [0.3, 0.4) is 0 Å². The van der Waals surface area contributed by atoms with Crippen LogP contribution in [-0.4, -0.2) is 23.4 Å². The zero-order chi connectivity index (χ0) is 9.78. The lowest BCUT2D eigenvalue weighted by atomic mass is 9.96. The minimum atomic E-state index is -0.364. The third-order valence-corrected chi connectivity index (χ3v) is 1.62. The van der Waals surface area contributed by atoms with Gasteiger partial charge in [0.25, 0.3) is 0 Å². The number of ether oxygens (including phenoxy) is 1. The van der Waals surface area contributed by atoms with Crippen molar-refractivity contribution in [3.63, 3.8) is 0 Å². The van der Waals surface area contributed by atoms with Gasteiger partial charge in [-0.3, -0.25) is 0 Å². The van der Waals surface area contributed by atoms with Gasteiger partial charge >= 0.3 is 0 Å². The predicted molar refractivity (Wildman–Crippen MR) is 51.2 cm³/mol. The number of aliphatic hydroxyl groups is 1. The molecule has 2 nitrogen and oxygen atoms in total. The summed E-state index contributed by atoms with van der Waals surface area (Å²) < 4.78 is 5.55. The largest absolute Gasteiger partial charge is 0.391 e. The monoisotopic (exact) mass is 174 g/mol. The second-order valence-electron chi connectivity index (χ2n) is 4.52. The molecule has 0 spiro atoms. The van der Waals surface area contributed by atoms with Crippen molar-refractivity contribution in [3.8, 4) is 0 Å². The van der Waals surface area contributed by atoms with E-state index in [1.807, 2.05) is 0 Å². The number of hydrogen-bond acceptors (Lipinski definition) is 2. The van der Waals surface area contributed by atoms with Crippen LogP contribution in [0.1, 0.15) is 41.0 Å². The van der Waals surface area contributed by atoms with Gasteiger partial charge in [-0.1, -0.05) is 13.8 Å². The van der Waals surface area contributed by atoms with E-state index < -0.39 is 0 Å². The van der Waals surface area contributed by atoms with Gasteiger partial charge in [-0.2, -0.15) is 0 Å².